The number of aliphatic hydroxyl groups is 1. The molecule has 1 aliphatic carbocycles. The van der Waals surface area contributed by atoms with Gasteiger partial charge in [0.15, 0.2) is 0 Å². The smallest absolute Gasteiger partial charge is 0.243 e. The number of benzene rings is 1. The van der Waals surface area contributed by atoms with Gasteiger partial charge in [-0.15, -0.1) is 0 Å². The number of hydrogen-bond donors (Lipinski definition) is 1. The highest BCUT2D eigenvalue weighted by molar-refractivity contribution is 7.89. The molecule has 0 saturated heterocycles. The molecule has 0 spiro atoms. The first-order chi connectivity index (χ1) is 9.45. The maximum Gasteiger partial charge on any atom is 0.243 e. The van der Waals surface area contributed by atoms with E-state index >= 15 is 0 Å². The Morgan fingerprint density at radius 2 is 1.85 bits per heavy atom. The highest BCUT2D eigenvalue weighted by Gasteiger charge is 2.38. The average Bonchev–Trinajstić information content (AvgIpc) is 3.21. The minimum Gasteiger partial charge on any atom is -0.396 e. The van der Waals surface area contributed by atoms with Crippen LogP contribution in [0.15, 0.2) is 29.2 Å². The van der Waals surface area contributed by atoms with E-state index in [0.29, 0.717) is 23.8 Å². The van der Waals surface area contributed by atoms with Crippen LogP contribution in [0.4, 0.5) is 0 Å². The molecule has 1 N–H and O–H groups in total. The number of rotatable bonds is 7. The van der Waals surface area contributed by atoms with Gasteiger partial charge < -0.3 is 5.11 Å². The Morgan fingerprint density at radius 1 is 1.25 bits per heavy atom. The van der Waals surface area contributed by atoms with Crippen LogP contribution in [0, 0.1) is 5.92 Å². The van der Waals surface area contributed by atoms with Crippen molar-refractivity contribution in [1.29, 1.82) is 0 Å². The Kier molecular flexibility index (Phi) is 4.83. The molecule has 1 fully saturated rings. The average molecular weight is 297 g/mol. The summed E-state index contributed by atoms with van der Waals surface area (Å²) in [5, 5.41) is 8.89. The molecular weight excluding hydrogens is 274 g/mol. The Bertz CT molecular complexity index is 533. The van der Waals surface area contributed by atoms with Crippen molar-refractivity contribution in [2.45, 2.75) is 44.0 Å². The number of sulfonamides is 1. The van der Waals surface area contributed by atoms with Gasteiger partial charge in [0, 0.05) is 19.2 Å². The minimum atomic E-state index is -3.39. The lowest BCUT2D eigenvalue weighted by Gasteiger charge is -2.23. The molecule has 0 aliphatic heterocycles. The van der Waals surface area contributed by atoms with Gasteiger partial charge >= 0.3 is 0 Å². The zero-order chi connectivity index (χ0) is 14.8. The predicted octanol–water partition coefficient (Wildman–Crippen LogP) is 2.03. The summed E-state index contributed by atoms with van der Waals surface area (Å²) in [6.07, 6.45) is 2.49. The molecule has 0 heterocycles. The van der Waals surface area contributed by atoms with E-state index in [-0.39, 0.29) is 12.6 Å². The number of hydrogen-bond acceptors (Lipinski definition) is 3. The standard InChI is InChI=1S/C15H23NO3S/c1-12(2)11-16(14-5-6-14)20(18,19)15-7-3-13(4-8-15)9-10-17/h3-4,7-8,12,14,17H,5-6,9-11H2,1-2H3. The fourth-order valence-corrected chi connectivity index (χ4v) is 4.11. The molecule has 1 aliphatic rings. The lowest BCUT2D eigenvalue weighted by atomic mass is 10.2. The molecule has 1 saturated carbocycles. The third kappa shape index (κ3) is 3.59. The Balaban J connectivity index is 2.23. The van der Waals surface area contributed by atoms with Gasteiger partial charge in [0.05, 0.1) is 4.90 Å². The van der Waals surface area contributed by atoms with Crippen LogP contribution in [0.3, 0.4) is 0 Å². The third-order valence-electron chi connectivity index (χ3n) is 3.43. The van der Waals surface area contributed by atoms with Crippen molar-refractivity contribution in [3.8, 4) is 0 Å². The summed E-state index contributed by atoms with van der Waals surface area (Å²) in [5.41, 5.74) is 0.952. The molecule has 0 radical (unpaired) electrons. The molecule has 1 aromatic rings. The van der Waals surface area contributed by atoms with E-state index in [0.717, 1.165) is 18.4 Å². The largest absolute Gasteiger partial charge is 0.396 e. The highest BCUT2D eigenvalue weighted by atomic mass is 32.2. The minimum absolute atomic E-state index is 0.0770. The van der Waals surface area contributed by atoms with Crippen LogP contribution in [0.2, 0.25) is 0 Å². The second-order valence-electron chi connectivity index (χ2n) is 5.82. The van der Waals surface area contributed by atoms with E-state index in [1.165, 1.54) is 0 Å². The SMILES string of the molecule is CC(C)CN(C1CC1)S(=O)(=O)c1ccc(CCO)cc1. The molecule has 2 rings (SSSR count). The summed E-state index contributed by atoms with van der Waals surface area (Å²) in [7, 11) is -3.39. The maximum absolute atomic E-state index is 12.7. The summed E-state index contributed by atoms with van der Waals surface area (Å²) < 4.78 is 27.0. The Labute approximate surface area is 121 Å². The molecule has 0 amide bonds. The zero-order valence-electron chi connectivity index (χ0n) is 12.1. The molecule has 0 atom stereocenters. The third-order valence-corrected chi connectivity index (χ3v) is 5.36. The van der Waals surface area contributed by atoms with Gasteiger partial charge in [-0.2, -0.15) is 4.31 Å². The van der Waals surface area contributed by atoms with Crippen LogP contribution < -0.4 is 0 Å². The Hall–Kier alpha value is -0.910. The van der Waals surface area contributed by atoms with Crippen molar-refractivity contribution in [1.82, 2.24) is 4.31 Å². The second kappa shape index (κ2) is 6.24. The molecule has 1 aromatic carbocycles. The molecular formula is C15H23NO3S. The molecule has 0 unspecified atom stereocenters. The van der Waals surface area contributed by atoms with E-state index in [4.69, 9.17) is 5.11 Å². The van der Waals surface area contributed by atoms with Gasteiger partial charge in [-0.05, 0) is 42.9 Å². The van der Waals surface area contributed by atoms with Crippen LogP contribution in [-0.4, -0.2) is 37.0 Å². The van der Waals surface area contributed by atoms with E-state index in [1.807, 2.05) is 13.8 Å². The lowest BCUT2D eigenvalue weighted by Crippen LogP contribution is -2.36. The van der Waals surface area contributed by atoms with E-state index in [2.05, 4.69) is 0 Å². The number of nitrogens with zero attached hydrogens (tertiary/aromatic N) is 1. The van der Waals surface area contributed by atoms with Crippen molar-refractivity contribution in [2.75, 3.05) is 13.2 Å². The van der Waals surface area contributed by atoms with Crippen molar-refractivity contribution in [3.05, 3.63) is 29.8 Å². The second-order valence-corrected chi connectivity index (χ2v) is 7.71. The summed E-state index contributed by atoms with van der Waals surface area (Å²) in [6.45, 7) is 4.73. The van der Waals surface area contributed by atoms with E-state index in [9.17, 15) is 8.42 Å². The summed E-state index contributed by atoms with van der Waals surface area (Å²) >= 11 is 0. The van der Waals surface area contributed by atoms with Crippen molar-refractivity contribution in [3.63, 3.8) is 0 Å². The molecule has 4 nitrogen and oxygen atoms in total. The summed E-state index contributed by atoms with van der Waals surface area (Å²) in [4.78, 5) is 0.353. The van der Waals surface area contributed by atoms with Gasteiger partial charge in [0.2, 0.25) is 10.0 Å². The normalized spacial score (nSPS) is 16.1. The van der Waals surface area contributed by atoms with Crippen LogP contribution in [0.5, 0.6) is 0 Å². The predicted molar refractivity (Wildman–Crippen MR) is 79.0 cm³/mol. The van der Waals surface area contributed by atoms with Gasteiger partial charge in [0.25, 0.3) is 0 Å². The molecule has 0 aromatic heterocycles. The van der Waals surface area contributed by atoms with Crippen LogP contribution in [-0.2, 0) is 16.4 Å². The lowest BCUT2D eigenvalue weighted by molar-refractivity contribution is 0.299. The van der Waals surface area contributed by atoms with Gasteiger partial charge in [-0.3, -0.25) is 0 Å². The first kappa shape index (κ1) is 15.5. The fraction of sp³-hybridized carbons (Fsp3) is 0.600. The summed E-state index contributed by atoms with van der Waals surface area (Å²) in [6, 6.07) is 7.04. The van der Waals surface area contributed by atoms with Crippen molar-refractivity contribution < 1.29 is 13.5 Å². The van der Waals surface area contributed by atoms with Crippen LogP contribution >= 0.6 is 0 Å². The van der Waals surface area contributed by atoms with Gasteiger partial charge in [-0.1, -0.05) is 26.0 Å². The maximum atomic E-state index is 12.7. The first-order valence-electron chi connectivity index (χ1n) is 7.17. The molecule has 112 valence electrons. The van der Waals surface area contributed by atoms with E-state index < -0.39 is 10.0 Å². The number of aliphatic hydroxyl groups excluding tert-OH is 1. The quantitative estimate of drug-likeness (QED) is 0.838. The van der Waals surface area contributed by atoms with Crippen LogP contribution in [0.1, 0.15) is 32.3 Å². The zero-order valence-corrected chi connectivity index (χ0v) is 12.9. The Morgan fingerprint density at radius 3 is 2.30 bits per heavy atom. The van der Waals surface area contributed by atoms with Gasteiger partial charge in [-0.25, -0.2) is 8.42 Å². The highest BCUT2D eigenvalue weighted by Crippen LogP contribution is 2.32. The molecule has 20 heavy (non-hydrogen) atoms. The van der Waals surface area contributed by atoms with Crippen molar-refractivity contribution in [2.24, 2.45) is 5.92 Å². The van der Waals surface area contributed by atoms with E-state index in [1.54, 1.807) is 28.6 Å². The monoisotopic (exact) mass is 297 g/mol. The molecule has 5 heteroatoms. The first-order valence-corrected chi connectivity index (χ1v) is 8.61. The topological polar surface area (TPSA) is 57.6 Å². The summed E-state index contributed by atoms with van der Waals surface area (Å²) in [5.74, 6) is 0.319. The van der Waals surface area contributed by atoms with Gasteiger partial charge in [0.1, 0.15) is 0 Å². The fourth-order valence-electron chi connectivity index (χ4n) is 2.26. The van der Waals surface area contributed by atoms with Crippen LogP contribution in [0.25, 0.3) is 0 Å². The van der Waals surface area contributed by atoms with Crippen molar-refractivity contribution >= 4 is 10.0 Å². The molecule has 0 bridgehead atoms.